The van der Waals surface area contributed by atoms with Gasteiger partial charge in [-0.2, -0.15) is 0 Å². The van der Waals surface area contributed by atoms with E-state index in [9.17, 15) is 19.2 Å². The van der Waals surface area contributed by atoms with Crippen LogP contribution in [-0.2, 0) is 4.79 Å². The van der Waals surface area contributed by atoms with Crippen LogP contribution in [0.5, 0.6) is 5.75 Å². The van der Waals surface area contributed by atoms with Crippen LogP contribution >= 0.6 is 0 Å². The summed E-state index contributed by atoms with van der Waals surface area (Å²) < 4.78 is 5.46. The molecule has 0 saturated heterocycles. The fraction of sp³-hybridized carbons (Fsp3) is 0. The normalized spacial score (nSPS) is 10.4. The molecule has 8 heteroatoms. The number of hydrogen-bond acceptors (Lipinski definition) is 5. The van der Waals surface area contributed by atoms with E-state index in [0.29, 0.717) is 22.4 Å². The minimum absolute atomic E-state index is 0.266. The summed E-state index contributed by atoms with van der Waals surface area (Å²) in [5, 5.41) is 2.75. The van der Waals surface area contributed by atoms with Crippen molar-refractivity contribution in [3.05, 3.63) is 138 Å². The smallest absolute Gasteiger partial charge is 0.343 e. The minimum Gasteiger partial charge on any atom is -0.422 e. The Kier molecular flexibility index (Phi) is 8.39. The van der Waals surface area contributed by atoms with Crippen molar-refractivity contribution >= 4 is 35.5 Å². The van der Waals surface area contributed by atoms with Crippen molar-refractivity contribution in [3.8, 4) is 5.75 Å². The third-order valence-corrected chi connectivity index (χ3v) is 5.29. The minimum atomic E-state index is -0.589. The van der Waals surface area contributed by atoms with E-state index in [1.807, 2.05) is 6.07 Å². The average molecular weight is 506 g/mol. The highest BCUT2D eigenvalue weighted by Crippen LogP contribution is 2.21. The van der Waals surface area contributed by atoms with Crippen LogP contribution < -0.4 is 20.9 Å². The van der Waals surface area contributed by atoms with Crippen LogP contribution in [0.2, 0.25) is 0 Å². The lowest BCUT2D eigenvalue weighted by atomic mass is 10.1. The summed E-state index contributed by atoms with van der Waals surface area (Å²) in [5.74, 6) is -1.62. The van der Waals surface area contributed by atoms with Crippen molar-refractivity contribution in [2.45, 2.75) is 0 Å². The molecular weight excluding hydrogens is 482 g/mol. The number of ether oxygens (including phenoxy) is 1. The van der Waals surface area contributed by atoms with Gasteiger partial charge >= 0.3 is 5.97 Å². The van der Waals surface area contributed by atoms with Gasteiger partial charge in [-0.25, -0.2) is 4.79 Å². The number of amides is 3. The zero-order chi connectivity index (χ0) is 26.7. The number of rotatable bonds is 7. The Bertz CT molecular complexity index is 1470. The quantitative estimate of drug-likeness (QED) is 0.147. The van der Waals surface area contributed by atoms with Crippen molar-refractivity contribution in [1.82, 2.24) is 10.9 Å². The average Bonchev–Trinajstić information content (AvgIpc) is 2.96. The van der Waals surface area contributed by atoms with Gasteiger partial charge in [0.1, 0.15) is 5.75 Å². The number of carbonyl (C=O) groups is 4. The largest absolute Gasteiger partial charge is 0.422 e. The topological polar surface area (TPSA) is 114 Å². The predicted octanol–water partition coefficient (Wildman–Crippen LogP) is 4.63. The summed E-state index contributed by atoms with van der Waals surface area (Å²) in [6.07, 6.45) is 2.68. The SMILES string of the molecule is O=C(/C=C/c1ccccc1OC(=O)c1ccccc1)NNC(=O)c1ccc(NC(=O)c2ccccc2)cc1. The van der Waals surface area contributed by atoms with Gasteiger partial charge < -0.3 is 10.1 Å². The maximum absolute atomic E-state index is 12.4. The van der Waals surface area contributed by atoms with E-state index in [1.165, 1.54) is 24.3 Å². The van der Waals surface area contributed by atoms with E-state index in [2.05, 4.69) is 16.2 Å². The standard InChI is InChI=1S/C30H23N3O5/c34-27(20-17-21-9-7-8-14-26(21)38-30(37)24-12-5-2-6-13-24)32-33-29(36)23-15-18-25(19-16-23)31-28(35)22-10-3-1-4-11-22/h1-20H,(H,31,35)(H,32,34)(H,33,36)/b20-17+. The van der Waals surface area contributed by atoms with Gasteiger partial charge in [0.25, 0.3) is 17.7 Å². The second-order valence-corrected chi connectivity index (χ2v) is 7.97. The highest BCUT2D eigenvalue weighted by Gasteiger charge is 2.11. The molecule has 0 saturated carbocycles. The maximum Gasteiger partial charge on any atom is 0.343 e. The van der Waals surface area contributed by atoms with Crippen molar-refractivity contribution < 1.29 is 23.9 Å². The molecule has 0 spiro atoms. The maximum atomic E-state index is 12.4. The van der Waals surface area contributed by atoms with Crippen molar-refractivity contribution in [2.24, 2.45) is 0 Å². The van der Waals surface area contributed by atoms with E-state index >= 15 is 0 Å². The van der Waals surface area contributed by atoms with E-state index in [0.717, 1.165) is 0 Å². The Morgan fingerprint density at radius 2 is 1.16 bits per heavy atom. The van der Waals surface area contributed by atoms with E-state index < -0.39 is 17.8 Å². The third-order valence-electron chi connectivity index (χ3n) is 5.29. The first-order valence-corrected chi connectivity index (χ1v) is 11.6. The number of hydrazine groups is 1. The number of benzene rings is 4. The monoisotopic (exact) mass is 505 g/mol. The van der Waals surface area contributed by atoms with Gasteiger partial charge in [0.05, 0.1) is 5.56 Å². The summed E-state index contributed by atoms with van der Waals surface area (Å²) in [6.45, 7) is 0. The molecule has 0 bridgehead atoms. The molecule has 0 radical (unpaired) electrons. The molecule has 0 aliphatic rings. The summed E-state index contributed by atoms with van der Waals surface area (Å²) in [7, 11) is 0. The first kappa shape index (κ1) is 25.6. The van der Waals surface area contributed by atoms with Gasteiger partial charge in [-0.15, -0.1) is 0 Å². The first-order valence-electron chi connectivity index (χ1n) is 11.6. The second kappa shape index (κ2) is 12.5. The molecule has 38 heavy (non-hydrogen) atoms. The first-order chi connectivity index (χ1) is 18.5. The van der Waals surface area contributed by atoms with E-state index in [4.69, 9.17) is 4.74 Å². The summed E-state index contributed by atoms with van der Waals surface area (Å²) in [5.41, 5.74) is 6.86. The number of anilines is 1. The summed E-state index contributed by atoms with van der Waals surface area (Å²) in [4.78, 5) is 49.2. The molecular formula is C30H23N3O5. The number of nitrogens with one attached hydrogen (secondary N) is 3. The molecule has 4 aromatic carbocycles. The van der Waals surface area contributed by atoms with Gasteiger partial charge in [-0.05, 0) is 60.7 Å². The summed E-state index contributed by atoms with van der Waals surface area (Å²) >= 11 is 0. The molecule has 0 atom stereocenters. The fourth-order valence-electron chi connectivity index (χ4n) is 3.34. The Morgan fingerprint density at radius 3 is 1.84 bits per heavy atom. The predicted molar refractivity (Wildman–Crippen MR) is 143 cm³/mol. The van der Waals surface area contributed by atoms with Crippen LogP contribution in [0.3, 0.4) is 0 Å². The lowest BCUT2D eigenvalue weighted by Crippen LogP contribution is -2.40. The third kappa shape index (κ3) is 7.02. The van der Waals surface area contributed by atoms with Crippen LogP contribution in [0, 0.1) is 0 Å². The Balaban J connectivity index is 1.29. The van der Waals surface area contributed by atoms with Crippen molar-refractivity contribution in [1.29, 1.82) is 0 Å². The van der Waals surface area contributed by atoms with E-state index in [-0.39, 0.29) is 17.2 Å². The van der Waals surface area contributed by atoms with Crippen LogP contribution in [0.15, 0.2) is 115 Å². The fourth-order valence-corrected chi connectivity index (χ4v) is 3.34. The lowest BCUT2D eigenvalue weighted by Gasteiger charge is -2.08. The number of carbonyl (C=O) groups excluding carboxylic acids is 4. The molecule has 8 nitrogen and oxygen atoms in total. The molecule has 4 aromatic rings. The van der Waals surface area contributed by atoms with Crippen LogP contribution in [0.4, 0.5) is 5.69 Å². The molecule has 4 rings (SSSR count). The van der Waals surface area contributed by atoms with Gasteiger partial charge in [0.15, 0.2) is 0 Å². The second-order valence-electron chi connectivity index (χ2n) is 7.97. The zero-order valence-corrected chi connectivity index (χ0v) is 20.1. The van der Waals surface area contributed by atoms with Gasteiger partial charge in [-0.1, -0.05) is 54.6 Å². The highest BCUT2D eigenvalue weighted by atomic mass is 16.5. The summed E-state index contributed by atoms with van der Waals surface area (Å²) in [6, 6.07) is 30.3. The molecule has 0 aliphatic carbocycles. The van der Waals surface area contributed by atoms with Crippen molar-refractivity contribution in [2.75, 3.05) is 5.32 Å². The molecule has 3 N–H and O–H groups in total. The Morgan fingerprint density at radius 1 is 0.579 bits per heavy atom. The van der Waals surface area contributed by atoms with Crippen molar-refractivity contribution in [3.63, 3.8) is 0 Å². The lowest BCUT2D eigenvalue weighted by molar-refractivity contribution is -0.117. The van der Waals surface area contributed by atoms with Crippen LogP contribution in [0.25, 0.3) is 6.08 Å². The number of hydrogen-bond donors (Lipinski definition) is 3. The van der Waals surface area contributed by atoms with Crippen LogP contribution in [0.1, 0.15) is 36.6 Å². The number of para-hydroxylation sites is 1. The Labute approximate surface area is 218 Å². The van der Waals surface area contributed by atoms with Gasteiger partial charge in [0.2, 0.25) is 0 Å². The van der Waals surface area contributed by atoms with Crippen LogP contribution in [-0.4, -0.2) is 23.7 Å². The van der Waals surface area contributed by atoms with Gasteiger partial charge in [0, 0.05) is 28.5 Å². The molecule has 0 heterocycles. The molecule has 0 aromatic heterocycles. The molecule has 0 fully saturated rings. The number of esters is 1. The Hall–Kier alpha value is -5.50. The molecule has 0 aliphatic heterocycles. The molecule has 0 unspecified atom stereocenters. The highest BCUT2D eigenvalue weighted by molar-refractivity contribution is 6.04. The van der Waals surface area contributed by atoms with Gasteiger partial charge in [-0.3, -0.25) is 25.2 Å². The molecule has 3 amide bonds. The zero-order valence-electron chi connectivity index (χ0n) is 20.1. The van der Waals surface area contributed by atoms with E-state index in [1.54, 1.807) is 91.0 Å². The molecule has 188 valence electrons.